The number of nitrogens with zero attached hydrogens (tertiary/aromatic N) is 2. The lowest BCUT2D eigenvalue weighted by atomic mass is 10.1. The van der Waals surface area contributed by atoms with Gasteiger partial charge in [-0.2, -0.15) is 0 Å². The number of thiazole rings is 1. The number of rotatable bonds is 6. The second-order valence-corrected chi connectivity index (χ2v) is 6.84. The smallest absolute Gasteiger partial charge is 0.315 e. The minimum Gasteiger partial charge on any atom is -0.338 e. The maximum Gasteiger partial charge on any atom is 0.315 e. The molecule has 0 radical (unpaired) electrons. The summed E-state index contributed by atoms with van der Waals surface area (Å²) < 4.78 is 0. The molecule has 2 amide bonds. The van der Waals surface area contributed by atoms with Gasteiger partial charge in [0, 0.05) is 31.2 Å². The molecule has 2 heterocycles. The lowest BCUT2D eigenvalue weighted by Crippen LogP contribution is -2.38. The topological polar surface area (TPSA) is 57.3 Å². The molecular formula is C17H22N4OS. The molecule has 0 saturated carbocycles. The van der Waals surface area contributed by atoms with Crippen LogP contribution in [0.5, 0.6) is 0 Å². The number of amides is 2. The van der Waals surface area contributed by atoms with E-state index in [2.05, 4.69) is 44.8 Å². The molecule has 0 aliphatic carbocycles. The van der Waals surface area contributed by atoms with Gasteiger partial charge in [-0.15, -0.1) is 11.3 Å². The van der Waals surface area contributed by atoms with E-state index in [-0.39, 0.29) is 6.03 Å². The first-order valence-electron chi connectivity index (χ1n) is 7.96. The Morgan fingerprint density at radius 3 is 2.96 bits per heavy atom. The Morgan fingerprint density at radius 2 is 2.17 bits per heavy atom. The van der Waals surface area contributed by atoms with Crippen molar-refractivity contribution >= 4 is 17.4 Å². The molecule has 1 saturated heterocycles. The number of benzene rings is 1. The van der Waals surface area contributed by atoms with Crippen molar-refractivity contribution in [2.24, 2.45) is 5.92 Å². The third-order valence-corrected chi connectivity index (χ3v) is 4.83. The van der Waals surface area contributed by atoms with Gasteiger partial charge in [-0.1, -0.05) is 30.3 Å². The van der Waals surface area contributed by atoms with E-state index in [4.69, 9.17) is 0 Å². The summed E-state index contributed by atoms with van der Waals surface area (Å²) in [6.45, 7) is 4.36. The number of hydrogen-bond acceptors (Lipinski definition) is 4. The number of nitrogens with one attached hydrogen (secondary N) is 2. The summed E-state index contributed by atoms with van der Waals surface area (Å²) in [5, 5.41) is 8.65. The Hall–Kier alpha value is -1.92. The van der Waals surface area contributed by atoms with Crippen LogP contribution in [0.3, 0.4) is 0 Å². The van der Waals surface area contributed by atoms with Gasteiger partial charge in [0.25, 0.3) is 0 Å². The lowest BCUT2D eigenvalue weighted by molar-refractivity contribution is 0.238. The first kappa shape index (κ1) is 16.0. The van der Waals surface area contributed by atoms with Crippen molar-refractivity contribution < 1.29 is 4.79 Å². The third-order valence-electron chi connectivity index (χ3n) is 4.05. The largest absolute Gasteiger partial charge is 0.338 e. The van der Waals surface area contributed by atoms with E-state index in [1.54, 1.807) is 17.5 Å². The van der Waals surface area contributed by atoms with Crippen LogP contribution in [0.15, 0.2) is 41.9 Å². The molecule has 23 heavy (non-hydrogen) atoms. The molecule has 0 spiro atoms. The molecule has 5 nitrogen and oxygen atoms in total. The van der Waals surface area contributed by atoms with Gasteiger partial charge in [0.15, 0.2) is 0 Å². The van der Waals surface area contributed by atoms with Crippen LogP contribution in [0.25, 0.3) is 0 Å². The van der Waals surface area contributed by atoms with Crippen LogP contribution in [-0.2, 0) is 13.1 Å². The molecule has 1 unspecified atom stereocenters. The molecule has 1 aliphatic rings. The molecule has 1 fully saturated rings. The Balaban J connectivity index is 1.34. The zero-order valence-electron chi connectivity index (χ0n) is 13.1. The van der Waals surface area contributed by atoms with E-state index in [0.717, 1.165) is 37.6 Å². The molecule has 3 rings (SSSR count). The van der Waals surface area contributed by atoms with E-state index in [9.17, 15) is 4.79 Å². The van der Waals surface area contributed by atoms with Crippen LogP contribution in [0, 0.1) is 5.92 Å². The molecular weight excluding hydrogens is 308 g/mol. The van der Waals surface area contributed by atoms with Crippen molar-refractivity contribution in [1.29, 1.82) is 0 Å². The molecule has 1 aliphatic heterocycles. The Morgan fingerprint density at radius 1 is 1.30 bits per heavy atom. The maximum absolute atomic E-state index is 11.8. The van der Waals surface area contributed by atoms with Crippen molar-refractivity contribution in [2.45, 2.75) is 19.5 Å². The summed E-state index contributed by atoms with van der Waals surface area (Å²) in [6.07, 6.45) is 2.89. The Kier molecular flexibility index (Phi) is 5.60. The van der Waals surface area contributed by atoms with E-state index < -0.39 is 0 Å². The fraction of sp³-hybridized carbons (Fsp3) is 0.412. The molecule has 2 aromatic rings. The van der Waals surface area contributed by atoms with Gasteiger partial charge in [-0.05, 0) is 24.4 Å². The number of carbonyl (C=O) groups is 1. The molecule has 1 atom stereocenters. The van der Waals surface area contributed by atoms with Crippen molar-refractivity contribution in [3.8, 4) is 0 Å². The average Bonchev–Trinajstić information content (AvgIpc) is 3.24. The van der Waals surface area contributed by atoms with Crippen LogP contribution in [0.2, 0.25) is 0 Å². The SMILES string of the molecule is O=C(NCc1nccs1)NCC1CCN(Cc2ccccc2)C1. The molecule has 1 aromatic carbocycles. The molecule has 6 heteroatoms. The van der Waals surface area contributed by atoms with Gasteiger partial charge >= 0.3 is 6.03 Å². The van der Waals surface area contributed by atoms with Gasteiger partial charge in [0.2, 0.25) is 0 Å². The molecule has 122 valence electrons. The van der Waals surface area contributed by atoms with Gasteiger partial charge in [0.05, 0.1) is 6.54 Å². The molecule has 1 aromatic heterocycles. The Bertz CT molecular complexity index is 602. The van der Waals surface area contributed by atoms with Crippen LogP contribution in [0.4, 0.5) is 4.79 Å². The van der Waals surface area contributed by atoms with Gasteiger partial charge in [-0.3, -0.25) is 4.90 Å². The van der Waals surface area contributed by atoms with Crippen molar-refractivity contribution in [3.63, 3.8) is 0 Å². The monoisotopic (exact) mass is 330 g/mol. The van der Waals surface area contributed by atoms with Gasteiger partial charge in [0.1, 0.15) is 5.01 Å². The predicted octanol–water partition coefficient (Wildman–Crippen LogP) is 2.46. The predicted molar refractivity (Wildman–Crippen MR) is 92.2 cm³/mol. The van der Waals surface area contributed by atoms with Crippen molar-refractivity contribution in [2.75, 3.05) is 19.6 Å². The Labute approximate surface area is 140 Å². The van der Waals surface area contributed by atoms with Crippen LogP contribution >= 0.6 is 11.3 Å². The summed E-state index contributed by atoms with van der Waals surface area (Å²) in [4.78, 5) is 18.4. The van der Waals surface area contributed by atoms with Crippen LogP contribution < -0.4 is 10.6 Å². The summed E-state index contributed by atoms with van der Waals surface area (Å²) in [7, 11) is 0. The third kappa shape index (κ3) is 5.04. The number of aromatic nitrogens is 1. The first-order chi connectivity index (χ1) is 11.3. The van der Waals surface area contributed by atoms with Crippen LogP contribution in [0.1, 0.15) is 17.0 Å². The van der Waals surface area contributed by atoms with E-state index in [1.165, 1.54) is 5.56 Å². The fourth-order valence-electron chi connectivity index (χ4n) is 2.86. The van der Waals surface area contributed by atoms with Crippen molar-refractivity contribution in [3.05, 3.63) is 52.5 Å². The molecule has 2 N–H and O–H groups in total. The van der Waals surface area contributed by atoms with Crippen LogP contribution in [-0.4, -0.2) is 35.5 Å². The zero-order valence-corrected chi connectivity index (χ0v) is 13.9. The highest BCUT2D eigenvalue weighted by molar-refractivity contribution is 7.09. The lowest BCUT2D eigenvalue weighted by Gasteiger charge is -2.16. The van der Waals surface area contributed by atoms with E-state index in [0.29, 0.717) is 12.5 Å². The quantitative estimate of drug-likeness (QED) is 0.855. The number of likely N-dealkylation sites (tertiary alicyclic amines) is 1. The van der Waals surface area contributed by atoms with Gasteiger partial charge < -0.3 is 10.6 Å². The second kappa shape index (κ2) is 8.08. The second-order valence-electron chi connectivity index (χ2n) is 5.86. The summed E-state index contributed by atoms with van der Waals surface area (Å²) in [5.74, 6) is 0.532. The average molecular weight is 330 g/mol. The number of carbonyl (C=O) groups excluding carboxylic acids is 1. The van der Waals surface area contributed by atoms with Gasteiger partial charge in [-0.25, -0.2) is 9.78 Å². The van der Waals surface area contributed by atoms with E-state index >= 15 is 0 Å². The highest BCUT2D eigenvalue weighted by Gasteiger charge is 2.22. The summed E-state index contributed by atoms with van der Waals surface area (Å²) in [6, 6.07) is 10.4. The summed E-state index contributed by atoms with van der Waals surface area (Å²) >= 11 is 1.55. The highest BCUT2D eigenvalue weighted by Crippen LogP contribution is 2.17. The van der Waals surface area contributed by atoms with E-state index in [1.807, 2.05) is 11.4 Å². The minimum absolute atomic E-state index is 0.110. The number of hydrogen-bond donors (Lipinski definition) is 2. The fourth-order valence-corrected chi connectivity index (χ4v) is 3.42. The zero-order chi connectivity index (χ0) is 15.9. The molecule has 0 bridgehead atoms. The van der Waals surface area contributed by atoms with Crippen molar-refractivity contribution in [1.82, 2.24) is 20.5 Å². The minimum atomic E-state index is -0.110. The maximum atomic E-state index is 11.8. The normalized spacial score (nSPS) is 18.0. The number of urea groups is 1. The standard InChI is InChI=1S/C17H22N4OS/c22-17(20-11-16-18-7-9-23-16)19-10-15-6-8-21(13-15)12-14-4-2-1-3-5-14/h1-5,7,9,15H,6,8,10-13H2,(H2,19,20,22). The highest BCUT2D eigenvalue weighted by atomic mass is 32.1. The first-order valence-corrected chi connectivity index (χ1v) is 8.84. The summed E-state index contributed by atoms with van der Waals surface area (Å²) in [5.41, 5.74) is 1.35.